The highest BCUT2D eigenvalue weighted by Crippen LogP contribution is 2.42. The van der Waals surface area contributed by atoms with Crippen LogP contribution in [0.25, 0.3) is 17.3 Å². The normalized spacial score (nSPS) is 18.0. The van der Waals surface area contributed by atoms with E-state index in [9.17, 15) is 9.59 Å². The van der Waals surface area contributed by atoms with Crippen LogP contribution in [0.4, 0.5) is 5.69 Å². The molecule has 0 bridgehead atoms. The number of esters is 1. The summed E-state index contributed by atoms with van der Waals surface area (Å²) in [6.45, 7) is 4.23. The Morgan fingerprint density at radius 2 is 1.80 bits per heavy atom. The molecule has 41 heavy (non-hydrogen) atoms. The van der Waals surface area contributed by atoms with Crippen LogP contribution in [0.15, 0.2) is 65.9 Å². The average molecular weight is 551 g/mol. The third-order valence-electron chi connectivity index (χ3n) is 8.28. The number of nitrogens with two attached hydrogens (primary N) is 1. The van der Waals surface area contributed by atoms with Gasteiger partial charge in [0.1, 0.15) is 0 Å². The van der Waals surface area contributed by atoms with Gasteiger partial charge >= 0.3 is 5.97 Å². The van der Waals surface area contributed by atoms with Gasteiger partial charge in [0.2, 0.25) is 0 Å². The number of benzene rings is 1. The molecule has 1 fully saturated rings. The van der Waals surface area contributed by atoms with Gasteiger partial charge in [-0.25, -0.2) is 9.78 Å². The fraction of sp³-hybridized carbons (Fsp3) is 0.353. The molecule has 1 atom stereocenters. The van der Waals surface area contributed by atoms with Gasteiger partial charge in [0.05, 0.1) is 23.7 Å². The largest absolute Gasteiger partial charge is 0.461 e. The summed E-state index contributed by atoms with van der Waals surface area (Å²) in [6.07, 6.45) is 11.8. The fourth-order valence-electron chi connectivity index (χ4n) is 5.86. The van der Waals surface area contributed by atoms with Crippen molar-refractivity contribution in [1.82, 2.24) is 14.9 Å². The Bertz CT molecular complexity index is 1510. The highest BCUT2D eigenvalue weighted by molar-refractivity contribution is 5.94. The van der Waals surface area contributed by atoms with Gasteiger partial charge in [0, 0.05) is 42.9 Å². The smallest absolute Gasteiger partial charge is 0.359 e. The number of allylic oxidation sites excluding steroid dienone is 3. The van der Waals surface area contributed by atoms with Crippen molar-refractivity contribution in [2.75, 3.05) is 26.4 Å². The summed E-state index contributed by atoms with van der Waals surface area (Å²) < 4.78 is 5.14. The van der Waals surface area contributed by atoms with E-state index in [-0.39, 0.29) is 24.1 Å². The van der Waals surface area contributed by atoms with Crippen LogP contribution in [0.2, 0.25) is 0 Å². The maximum absolute atomic E-state index is 12.4. The first-order valence-electron chi connectivity index (χ1n) is 14.4. The summed E-state index contributed by atoms with van der Waals surface area (Å²) >= 11 is 0. The number of amides is 1. The number of carbonyl (C=O) groups excluding carboxylic acids is 2. The molecule has 7 heteroatoms. The molecule has 2 aromatic heterocycles. The number of hydrogen-bond acceptors (Lipinski definition) is 6. The summed E-state index contributed by atoms with van der Waals surface area (Å²) in [6, 6.07) is 13.6. The van der Waals surface area contributed by atoms with Crippen LogP contribution in [0.1, 0.15) is 95.5 Å². The van der Waals surface area contributed by atoms with Crippen molar-refractivity contribution in [3.8, 4) is 11.3 Å². The van der Waals surface area contributed by atoms with E-state index in [2.05, 4.69) is 36.2 Å². The lowest BCUT2D eigenvalue weighted by Gasteiger charge is -2.25. The van der Waals surface area contributed by atoms with Crippen molar-refractivity contribution in [2.24, 2.45) is 0 Å². The first-order valence-corrected chi connectivity index (χ1v) is 14.4. The second-order valence-electron chi connectivity index (χ2n) is 11.1. The predicted octanol–water partition coefficient (Wildman–Crippen LogP) is 6.78. The number of anilines is 1. The number of nitrogen functional groups attached to an aromatic ring is 1. The molecule has 0 radical (unpaired) electrons. The lowest BCUT2D eigenvalue weighted by molar-refractivity contribution is 0.0521. The molecule has 0 saturated heterocycles. The first-order chi connectivity index (χ1) is 19.8. The Morgan fingerprint density at radius 1 is 1.07 bits per heavy atom. The van der Waals surface area contributed by atoms with Gasteiger partial charge in [-0.2, -0.15) is 0 Å². The minimum atomic E-state index is -0.514. The number of aromatic nitrogens is 2. The van der Waals surface area contributed by atoms with Crippen LogP contribution in [0, 0.1) is 0 Å². The highest BCUT2D eigenvalue weighted by Gasteiger charge is 2.26. The van der Waals surface area contributed by atoms with Crippen LogP contribution >= 0.6 is 0 Å². The van der Waals surface area contributed by atoms with Crippen LogP contribution in [-0.4, -0.2) is 47.4 Å². The maximum Gasteiger partial charge on any atom is 0.359 e. The first kappa shape index (κ1) is 28.3. The molecule has 2 heterocycles. The molecule has 0 aliphatic heterocycles. The Kier molecular flexibility index (Phi) is 8.34. The molecule has 212 valence electrons. The number of nitrogens with zero attached hydrogens (tertiary/aromatic N) is 3. The van der Waals surface area contributed by atoms with Gasteiger partial charge in [-0.15, -0.1) is 0 Å². The zero-order valence-electron chi connectivity index (χ0n) is 24.3. The van der Waals surface area contributed by atoms with Crippen LogP contribution in [-0.2, 0) is 4.74 Å². The third-order valence-corrected chi connectivity index (χ3v) is 8.28. The molecule has 1 amide bonds. The number of rotatable bonds is 7. The monoisotopic (exact) mass is 550 g/mol. The Morgan fingerprint density at radius 3 is 2.49 bits per heavy atom. The van der Waals surface area contributed by atoms with E-state index in [0.717, 1.165) is 54.5 Å². The Hall–Kier alpha value is -4.26. The molecule has 1 saturated carbocycles. The number of carbonyl (C=O) groups is 2. The molecule has 2 N–H and O–H groups in total. The second-order valence-corrected chi connectivity index (χ2v) is 11.1. The number of fused-ring (bicyclic) bond motifs is 1. The van der Waals surface area contributed by atoms with Crippen molar-refractivity contribution in [3.63, 3.8) is 0 Å². The number of ether oxygens (including phenoxy) is 1. The highest BCUT2D eigenvalue weighted by atomic mass is 16.5. The van der Waals surface area contributed by atoms with Crippen LogP contribution < -0.4 is 5.73 Å². The van der Waals surface area contributed by atoms with Crippen molar-refractivity contribution >= 4 is 23.6 Å². The lowest BCUT2D eigenvalue weighted by atomic mass is 9.81. The minimum absolute atomic E-state index is 0.0384. The quantitative estimate of drug-likeness (QED) is 0.257. The SMILES string of the molecule is CCOC(=O)c1nc(-c2ccnc3c2C=C(CC=C2CCC(c4ccc(C(=O)N(C)C)cc4)CC2)C3C)ccc1N. The topological polar surface area (TPSA) is 98.4 Å². The van der Waals surface area contributed by atoms with E-state index in [1.807, 2.05) is 30.5 Å². The summed E-state index contributed by atoms with van der Waals surface area (Å²) in [5.41, 5.74) is 15.1. The van der Waals surface area contributed by atoms with E-state index in [1.165, 1.54) is 16.7 Å². The molecule has 1 unspecified atom stereocenters. The zero-order valence-corrected chi connectivity index (χ0v) is 24.3. The standard InChI is InChI=1S/C34H38N4O3/c1-5-41-34(40)32-29(35)16-17-30(37-32)27-18-19-36-31-21(2)26(20-28(27)31)11-8-22-6-9-23(10-7-22)24-12-14-25(15-13-24)33(39)38(3)4/h8,12-21,23H,5-7,9-11,35H2,1-4H3. The number of hydrogen-bond donors (Lipinski definition) is 1. The molecule has 0 spiro atoms. The summed E-state index contributed by atoms with van der Waals surface area (Å²) in [5.74, 6) is 0.263. The Balaban J connectivity index is 1.27. The minimum Gasteiger partial charge on any atom is -0.461 e. The summed E-state index contributed by atoms with van der Waals surface area (Å²) in [5, 5.41) is 0. The fourth-order valence-corrected chi connectivity index (χ4v) is 5.86. The zero-order chi connectivity index (χ0) is 29.1. The molecular weight excluding hydrogens is 512 g/mol. The molecule has 5 rings (SSSR count). The van der Waals surface area contributed by atoms with Crippen molar-refractivity contribution < 1.29 is 14.3 Å². The van der Waals surface area contributed by atoms with Crippen molar-refractivity contribution in [1.29, 1.82) is 0 Å². The molecule has 7 nitrogen and oxygen atoms in total. The van der Waals surface area contributed by atoms with Gasteiger partial charge in [-0.05, 0) is 80.8 Å². The van der Waals surface area contributed by atoms with Gasteiger partial charge in [-0.1, -0.05) is 42.4 Å². The average Bonchev–Trinajstić information content (AvgIpc) is 3.31. The van der Waals surface area contributed by atoms with Gasteiger partial charge in [0.25, 0.3) is 5.91 Å². The molecule has 1 aromatic carbocycles. The van der Waals surface area contributed by atoms with Crippen LogP contribution in [0.5, 0.6) is 0 Å². The molecular formula is C34H38N4O3. The van der Waals surface area contributed by atoms with Crippen LogP contribution in [0.3, 0.4) is 0 Å². The lowest BCUT2D eigenvalue weighted by Crippen LogP contribution is -2.21. The Labute approximate surface area is 242 Å². The maximum atomic E-state index is 12.4. The van der Waals surface area contributed by atoms with E-state index in [1.54, 1.807) is 32.0 Å². The van der Waals surface area contributed by atoms with E-state index < -0.39 is 5.97 Å². The summed E-state index contributed by atoms with van der Waals surface area (Å²) in [7, 11) is 3.56. The second kappa shape index (κ2) is 12.1. The van der Waals surface area contributed by atoms with Gasteiger partial charge in [-0.3, -0.25) is 9.78 Å². The predicted molar refractivity (Wildman–Crippen MR) is 163 cm³/mol. The molecule has 2 aliphatic rings. The third kappa shape index (κ3) is 5.94. The summed E-state index contributed by atoms with van der Waals surface area (Å²) in [4.78, 5) is 35.5. The van der Waals surface area contributed by atoms with Crippen molar-refractivity contribution in [2.45, 2.75) is 57.8 Å². The molecule has 3 aromatic rings. The van der Waals surface area contributed by atoms with Gasteiger partial charge < -0.3 is 15.4 Å². The van der Waals surface area contributed by atoms with Gasteiger partial charge in [0.15, 0.2) is 5.69 Å². The van der Waals surface area contributed by atoms with Crippen molar-refractivity contribution in [3.05, 3.63) is 94.0 Å². The molecule has 2 aliphatic carbocycles. The van der Waals surface area contributed by atoms with E-state index in [4.69, 9.17) is 15.5 Å². The van der Waals surface area contributed by atoms with E-state index >= 15 is 0 Å². The number of pyridine rings is 2. The van der Waals surface area contributed by atoms with E-state index in [0.29, 0.717) is 17.3 Å².